The maximum Gasteiger partial charge on any atom is 0.0217 e. The van der Waals surface area contributed by atoms with Gasteiger partial charge in [0.1, 0.15) is 0 Å². The molecule has 4 aliphatic rings. The molecule has 1 heterocycles. The molecule has 0 amide bonds. The van der Waals surface area contributed by atoms with E-state index in [0.29, 0.717) is 10.8 Å². The largest absolute Gasteiger partial charge is 0.302 e. The van der Waals surface area contributed by atoms with Crippen molar-refractivity contribution in [1.82, 2.24) is 4.90 Å². The van der Waals surface area contributed by atoms with Crippen molar-refractivity contribution in [2.75, 3.05) is 19.8 Å². The van der Waals surface area contributed by atoms with Crippen LogP contribution in [0.15, 0.2) is 34.1 Å². The molecule has 0 spiro atoms. The van der Waals surface area contributed by atoms with Gasteiger partial charge in [-0.1, -0.05) is 18.2 Å². The van der Waals surface area contributed by atoms with Crippen molar-refractivity contribution < 1.29 is 0 Å². The van der Waals surface area contributed by atoms with E-state index in [1.165, 1.54) is 42.0 Å². The van der Waals surface area contributed by atoms with Gasteiger partial charge in [-0.25, -0.2) is 0 Å². The average molecular weight is 330 g/mol. The molecule has 1 aliphatic heterocycles. The summed E-state index contributed by atoms with van der Waals surface area (Å²) < 4.78 is 0. The Morgan fingerprint density at radius 3 is 3.05 bits per heavy atom. The van der Waals surface area contributed by atoms with Crippen molar-refractivity contribution in [2.24, 2.45) is 11.3 Å². The second kappa shape index (κ2) is 4.37. The van der Waals surface area contributed by atoms with E-state index in [-0.39, 0.29) is 0 Å². The zero-order valence-electron chi connectivity index (χ0n) is 13.3. The van der Waals surface area contributed by atoms with Gasteiger partial charge in [0.15, 0.2) is 0 Å². The summed E-state index contributed by atoms with van der Waals surface area (Å²) in [4.78, 5) is 5.29. The van der Waals surface area contributed by atoms with E-state index in [0.717, 1.165) is 12.0 Å². The molecule has 1 saturated heterocycles. The van der Waals surface area contributed by atoms with Crippen molar-refractivity contribution in [1.29, 1.82) is 0 Å². The Labute approximate surface area is 143 Å². The van der Waals surface area contributed by atoms with Crippen molar-refractivity contribution in [3.63, 3.8) is 0 Å². The minimum absolute atomic E-state index is 0.398. The average Bonchev–Trinajstić information content (AvgIpc) is 2.62. The van der Waals surface area contributed by atoms with Crippen molar-refractivity contribution in [3.8, 4) is 0 Å². The Hall–Kier alpha value is -0.380. The van der Waals surface area contributed by atoms with Crippen LogP contribution < -0.4 is 0 Å². The molecule has 4 atom stereocenters. The van der Waals surface area contributed by atoms with Crippen LogP contribution >= 0.6 is 24.4 Å². The monoisotopic (exact) mass is 329 g/mol. The summed E-state index contributed by atoms with van der Waals surface area (Å²) in [5, 5.41) is 0. The number of likely N-dealkylation sites (tertiary alicyclic amines) is 1. The first-order chi connectivity index (χ1) is 10.6. The highest BCUT2D eigenvalue weighted by Crippen LogP contribution is 2.72. The van der Waals surface area contributed by atoms with Gasteiger partial charge >= 0.3 is 0 Å². The number of fused-ring (bicyclic) bond motifs is 1. The van der Waals surface area contributed by atoms with Crippen LogP contribution in [-0.4, -0.2) is 30.8 Å². The number of allylic oxidation sites excluding steroid dienone is 1. The first-order valence-electron chi connectivity index (χ1n) is 8.39. The fourth-order valence-corrected chi connectivity index (χ4v) is 7.67. The predicted octanol–water partition coefficient (Wildman–Crippen LogP) is 4.16. The molecule has 2 bridgehead atoms. The van der Waals surface area contributed by atoms with E-state index < -0.39 is 0 Å². The molecule has 0 radical (unpaired) electrons. The van der Waals surface area contributed by atoms with Crippen LogP contribution in [-0.2, 0) is 11.8 Å². The van der Waals surface area contributed by atoms with Crippen molar-refractivity contribution >= 4 is 24.4 Å². The molecule has 116 valence electrons. The number of thioether (sulfide) groups is 1. The molecule has 0 N–H and O–H groups in total. The molecular weight excluding hydrogens is 306 g/mol. The molecule has 0 aromatic heterocycles. The maximum atomic E-state index is 5.00. The Bertz CT molecular complexity index is 697. The SMILES string of the molecule is CSc1ccc2c(c1S)C13CCC=CC4(CN(C)C(C2)C41)C3. The van der Waals surface area contributed by atoms with Crippen molar-refractivity contribution in [2.45, 2.75) is 46.9 Å². The third-order valence-electron chi connectivity index (χ3n) is 6.93. The lowest BCUT2D eigenvalue weighted by molar-refractivity contribution is -0.0216. The number of rotatable bonds is 1. The van der Waals surface area contributed by atoms with Crippen LogP contribution in [0, 0.1) is 11.3 Å². The van der Waals surface area contributed by atoms with Gasteiger partial charge in [-0.2, -0.15) is 0 Å². The topological polar surface area (TPSA) is 3.24 Å². The van der Waals surface area contributed by atoms with Crippen LogP contribution in [0.3, 0.4) is 0 Å². The second-order valence-corrected chi connectivity index (χ2v) is 9.12. The molecule has 1 saturated carbocycles. The Morgan fingerprint density at radius 2 is 2.23 bits per heavy atom. The molecule has 1 aromatic carbocycles. The first-order valence-corrected chi connectivity index (χ1v) is 10.1. The van der Waals surface area contributed by atoms with Crippen LogP contribution in [0.1, 0.15) is 30.4 Å². The van der Waals surface area contributed by atoms with E-state index in [9.17, 15) is 0 Å². The smallest absolute Gasteiger partial charge is 0.0217 e. The van der Waals surface area contributed by atoms with Gasteiger partial charge in [-0.05, 0) is 62.1 Å². The molecule has 4 unspecified atom stereocenters. The van der Waals surface area contributed by atoms with Crippen LogP contribution in [0.2, 0.25) is 0 Å². The summed E-state index contributed by atoms with van der Waals surface area (Å²) in [5.41, 5.74) is 4.06. The summed E-state index contributed by atoms with van der Waals surface area (Å²) >= 11 is 6.85. The van der Waals surface area contributed by atoms with E-state index in [4.69, 9.17) is 12.6 Å². The summed E-state index contributed by atoms with van der Waals surface area (Å²) in [5.74, 6) is 0.819. The van der Waals surface area contributed by atoms with Crippen molar-refractivity contribution in [3.05, 3.63) is 35.4 Å². The van der Waals surface area contributed by atoms with Gasteiger partial charge in [0.2, 0.25) is 0 Å². The number of likely N-dealkylation sites (N-methyl/N-ethyl adjacent to an activating group) is 1. The third kappa shape index (κ3) is 1.44. The highest BCUT2D eigenvalue weighted by Gasteiger charge is 2.71. The predicted molar refractivity (Wildman–Crippen MR) is 96.2 cm³/mol. The highest BCUT2D eigenvalue weighted by molar-refractivity contribution is 7.99. The lowest BCUT2D eigenvalue weighted by atomic mass is 9.40. The van der Waals surface area contributed by atoms with Gasteiger partial charge in [0.25, 0.3) is 0 Å². The molecule has 2 fully saturated rings. The Balaban J connectivity index is 1.76. The normalized spacial score (nSPS) is 41.6. The lowest BCUT2D eigenvalue weighted by Crippen LogP contribution is -2.62. The fraction of sp³-hybridized carbons (Fsp3) is 0.579. The Kier molecular flexibility index (Phi) is 2.78. The zero-order valence-corrected chi connectivity index (χ0v) is 15.0. The standard InChI is InChI=1S/C19H23NS2/c1-20-11-18-7-3-4-8-19(10-18)15-12(9-13(20)17(18)19)5-6-14(22-2)16(15)21/h3,5-7,13,17,21H,4,8-11H2,1-2H3. The maximum absolute atomic E-state index is 5.00. The molecule has 22 heavy (non-hydrogen) atoms. The van der Waals surface area contributed by atoms with E-state index in [1.54, 1.807) is 11.1 Å². The molecule has 5 rings (SSSR count). The number of hydrogen-bond acceptors (Lipinski definition) is 3. The number of hydrogen-bond donors (Lipinski definition) is 1. The number of nitrogens with zero attached hydrogens (tertiary/aromatic N) is 1. The second-order valence-electron chi connectivity index (χ2n) is 7.82. The van der Waals surface area contributed by atoms with Gasteiger partial charge < -0.3 is 4.90 Å². The molecule has 3 heteroatoms. The summed E-state index contributed by atoms with van der Waals surface area (Å²) in [6.45, 7) is 1.26. The minimum atomic E-state index is 0.398. The third-order valence-corrected chi connectivity index (χ3v) is 8.33. The van der Waals surface area contributed by atoms with Gasteiger partial charge in [-0.15, -0.1) is 24.4 Å². The van der Waals surface area contributed by atoms with Crippen LogP contribution in [0.25, 0.3) is 0 Å². The van der Waals surface area contributed by atoms with Crippen LogP contribution in [0.4, 0.5) is 0 Å². The molecular formula is C19H23NS2. The fourth-order valence-electron chi connectivity index (χ4n) is 6.46. The van der Waals surface area contributed by atoms with E-state index >= 15 is 0 Å². The zero-order chi connectivity index (χ0) is 15.1. The molecule has 1 aromatic rings. The van der Waals surface area contributed by atoms with E-state index in [1.807, 2.05) is 11.8 Å². The molecule has 3 aliphatic carbocycles. The number of benzene rings is 1. The van der Waals surface area contributed by atoms with Gasteiger partial charge in [0, 0.05) is 33.2 Å². The lowest BCUT2D eigenvalue weighted by Gasteiger charge is -2.63. The first kappa shape index (κ1) is 14.0. The minimum Gasteiger partial charge on any atom is -0.302 e. The summed E-state index contributed by atoms with van der Waals surface area (Å²) in [6, 6.07) is 5.42. The van der Waals surface area contributed by atoms with E-state index in [2.05, 4.69) is 42.5 Å². The Morgan fingerprint density at radius 1 is 1.36 bits per heavy atom. The summed E-state index contributed by atoms with van der Waals surface area (Å²) in [7, 11) is 2.34. The van der Waals surface area contributed by atoms with Crippen LogP contribution in [0.5, 0.6) is 0 Å². The van der Waals surface area contributed by atoms with Gasteiger partial charge in [0.05, 0.1) is 0 Å². The quantitative estimate of drug-likeness (QED) is 0.468. The highest BCUT2D eigenvalue weighted by atomic mass is 32.2. The number of thiol groups is 1. The van der Waals surface area contributed by atoms with Gasteiger partial charge in [-0.3, -0.25) is 0 Å². The summed E-state index contributed by atoms with van der Waals surface area (Å²) in [6.07, 6.45) is 12.4. The molecule has 1 nitrogen and oxygen atoms in total.